The van der Waals surface area contributed by atoms with Crippen molar-refractivity contribution in [3.05, 3.63) is 77.2 Å². The second-order valence-corrected chi connectivity index (χ2v) is 8.08. The minimum Gasteiger partial charge on any atom is -0.393 e. The first-order valence-corrected chi connectivity index (χ1v) is 10.9. The molecular formula is C25H25F2N3O2. The van der Waals surface area contributed by atoms with E-state index in [-0.39, 0.29) is 29.0 Å². The summed E-state index contributed by atoms with van der Waals surface area (Å²) in [7, 11) is 0. The highest BCUT2D eigenvalue weighted by Gasteiger charge is 2.24. The van der Waals surface area contributed by atoms with Crippen molar-refractivity contribution in [2.24, 2.45) is 0 Å². The number of anilines is 1. The van der Waals surface area contributed by atoms with Crippen molar-refractivity contribution in [1.29, 1.82) is 0 Å². The first kappa shape index (κ1) is 22.0. The molecule has 1 amide bonds. The molecule has 0 atom stereocenters. The third kappa shape index (κ3) is 4.53. The Morgan fingerprint density at radius 1 is 1.12 bits per heavy atom. The van der Waals surface area contributed by atoms with Crippen molar-refractivity contribution >= 4 is 11.6 Å². The lowest BCUT2D eigenvalue weighted by Crippen LogP contribution is -2.20. The maximum atomic E-state index is 14.8. The lowest BCUT2D eigenvalue weighted by Gasteiger charge is -2.27. The van der Waals surface area contributed by atoms with Gasteiger partial charge in [-0.05, 0) is 73.4 Å². The maximum absolute atomic E-state index is 14.8. The predicted octanol–water partition coefficient (Wildman–Crippen LogP) is 5.26. The van der Waals surface area contributed by atoms with Crippen LogP contribution in [0.2, 0.25) is 0 Å². The minimum absolute atomic E-state index is 0.0528. The van der Waals surface area contributed by atoms with Gasteiger partial charge in [0.05, 0.1) is 29.2 Å². The molecule has 0 aliphatic heterocycles. The van der Waals surface area contributed by atoms with Gasteiger partial charge in [-0.3, -0.25) is 9.78 Å². The summed E-state index contributed by atoms with van der Waals surface area (Å²) >= 11 is 0. The summed E-state index contributed by atoms with van der Waals surface area (Å²) in [5.41, 5.74) is 1.81. The van der Waals surface area contributed by atoms with Crippen molar-refractivity contribution < 1.29 is 18.7 Å². The molecule has 1 aliphatic rings. The third-order valence-electron chi connectivity index (χ3n) is 6.03. The average Bonchev–Trinajstić information content (AvgIpc) is 2.80. The number of pyridine rings is 2. The number of carbonyl (C=O) groups excluding carboxylic acids is 1. The Hall–Kier alpha value is -3.19. The van der Waals surface area contributed by atoms with Gasteiger partial charge >= 0.3 is 0 Å². The van der Waals surface area contributed by atoms with Gasteiger partial charge in [-0.2, -0.15) is 0 Å². The molecule has 0 radical (unpaired) electrons. The van der Waals surface area contributed by atoms with Crippen LogP contribution in [-0.4, -0.2) is 27.1 Å². The maximum Gasteiger partial charge on any atom is 0.274 e. The number of hydrogen-bond donors (Lipinski definition) is 2. The zero-order valence-electron chi connectivity index (χ0n) is 17.8. The average molecular weight is 437 g/mol. The van der Waals surface area contributed by atoms with Crippen molar-refractivity contribution in [1.82, 2.24) is 9.97 Å². The summed E-state index contributed by atoms with van der Waals surface area (Å²) in [5, 5.41) is 12.6. The van der Waals surface area contributed by atoms with E-state index in [1.165, 1.54) is 24.3 Å². The van der Waals surface area contributed by atoms with Crippen LogP contribution in [0.4, 0.5) is 14.5 Å². The molecule has 2 heterocycles. The van der Waals surface area contributed by atoms with Crippen molar-refractivity contribution in [3.8, 4) is 11.3 Å². The summed E-state index contributed by atoms with van der Waals surface area (Å²) in [6.07, 6.45) is 6.51. The molecule has 5 nitrogen and oxygen atoms in total. The quantitative estimate of drug-likeness (QED) is 0.571. The number of halogens is 2. The van der Waals surface area contributed by atoms with Crippen LogP contribution in [0.5, 0.6) is 0 Å². The van der Waals surface area contributed by atoms with Gasteiger partial charge in [0.2, 0.25) is 0 Å². The molecule has 4 rings (SSSR count). The Bertz CT molecular complexity index is 1130. The Morgan fingerprint density at radius 2 is 1.91 bits per heavy atom. The van der Waals surface area contributed by atoms with E-state index in [2.05, 4.69) is 15.3 Å². The highest BCUT2D eigenvalue weighted by atomic mass is 19.1. The Labute approximate surface area is 185 Å². The molecule has 0 spiro atoms. The second kappa shape index (κ2) is 9.53. The van der Waals surface area contributed by atoms with E-state index in [9.17, 15) is 18.7 Å². The number of amides is 1. The van der Waals surface area contributed by atoms with E-state index in [1.54, 1.807) is 25.4 Å². The van der Waals surface area contributed by atoms with Gasteiger partial charge in [0, 0.05) is 6.20 Å². The number of aromatic nitrogens is 2. The van der Waals surface area contributed by atoms with Crippen LogP contribution in [0.25, 0.3) is 11.3 Å². The summed E-state index contributed by atoms with van der Waals surface area (Å²) in [4.78, 5) is 21.3. The van der Waals surface area contributed by atoms with Crippen LogP contribution in [0.15, 0.2) is 48.8 Å². The highest BCUT2D eigenvalue weighted by Crippen LogP contribution is 2.36. The van der Waals surface area contributed by atoms with Crippen LogP contribution in [0.3, 0.4) is 0 Å². The molecule has 2 N–H and O–H groups in total. The van der Waals surface area contributed by atoms with Gasteiger partial charge in [0.25, 0.3) is 5.91 Å². The number of carbonyl (C=O) groups is 1. The van der Waals surface area contributed by atoms with Crippen molar-refractivity contribution in [3.63, 3.8) is 0 Å². The van der Waals surface area contributed by atoms with E-state index < -0.39 is 17.5 Å². The summed E-state index contributed by atoms with van der Waals surface area (Å²) in [6, 6.07) is 9.06. The molecule has 2 aromatic heterocycles. The molecule has 1 aromatic carbocycles. The van der Waals surface area contributed by atoms with Crippen LogP contribution >= 0.6 is 0 Å². The van der Waals surface area contributed by atoms with E-state index in [1.807, 2.05) is 6.07 Å². The molecule has 32 heavy (non-hydrogen) atoms. The molecule has 1 fully saturated rings. The van der Waals surface area contributed by atoms with Gasteiger partial charge in [0.15, 0.2) is 0 Å². The SMILES string of the molecule is CCc1ccc(F)c(-c2cccc(C(=O)Nc3cnccc3[C@H]3CC[C@@H](O)CC3)n2)c1F. The van der Waals surface area contributed by atoms with Crippen LogP contribution in [0, 0.1) is 11.6 Å². The monoisotopic (exact) mass is 437 g/mol. The topological polar surface area (TPSA) is 75.1 Å². The molecule has 1 aliphatic carbocycles. The standard InChI is InChI=1S/C25H25F2N3O2/c1-2-15-8-11-19(26)23(24(15)27)20-4-3-5-21(29-20)25(32)30-22-14-28-13-12-18(22)16-6-9-17(31)10-7-16/h3-5,8,11-14,16-17,31H,2,6-7,9-10H2,1H3,(H,30,32)/t16-,17+. The van der Waals surface area contributed by atoms with Gasteiger partial charge in [-0.1, -0.05) is 19.1 Å². The van der Waals surface area contributed by atoms with E-state index >= 15 is 0 Å². The Morgan fingerprint density at radius 3 is 2.66 bits per heavy atom. The number of aliphatic hydroxyl groups excluding tert-OH is 1. The molecule has 0 saturated heterocycles. The molecule has 7 heteroatoms. The number of hydrogen-bond acceptors (Lipinski definition) is 4. The lowest BCUT2D eigenvalue weighted by atomic mass is 9.82. The summed E-state index contributed by atoms with van der Waals surface area (Å²) < 4.78 is 29.2. The van der Waals surface area contributed by atoms with Gasteiger partial charge < -0.3 is 10.4 Å². The van der Waals surface area contributed by atoms with Gasteiger partial charge in [-0.15, -0.1) is 0 Å². The number of rotatable bonds is 5. The zero-order chi connectivity index (χ0) is 22.7. The largest absolute Gasteiger partial charge is 0.393 e. The van der Waals surface area contributed by atoms with Gasteiger partial charge in [-0.25, -0.2) is 13.8 Å². The lowest BCUT2D eigenvalue weighted by molar-refractivity contribution is 0.102. The molecule has 1 saturated carbocycles. The van der Waals surface area contributed by atoms with Crippen molar-refractivity contribution in [2.75, 3.05) is 5.32 Å². The predicted molar refractivity (Wildman–Crippen MR) is 118 cm³/mol. The highest BCUT2D eigenvalue weighted by molar-refractivity contribution is 6.03. The first-order chi connectivity index (χ1) is 15.5. The van der Waals surface area contributed by atoms with Crippen LogP contribution in [-0.2, 0) is 6.42 Å². The fourth-order valence-corrected chi connectivity index (χ4v) is 4.24. The Kier molecular flexibility index (Phi) is 6.55. The summed E-state index contributed by atoms with van der Waals surface area (Å²) in [6.45, 7) is 1.79. The fourth-order valence-electron chi connectivity index (χ4n) is 4.24. The summed E-state index contributed by atoms with van der Waals surface area (Å²) in [5.74, 6) is -1.65. The third-order valence-corrected chi connectivity index (χ3v) is 6.03. The first-order valence-electron chi connectivity index (χ1n) is 10.9. The Balaban J connectivity index is 1.61. The number of aliphatic hydroxyl groups is 1. The molecular weight excluding hydrogens is 412 g/mol. The van der Waals surface area contributed by atoms with Gasteiger partial charge in [0.1, 0.15) is 17.3 Å². The number of aryl methyl sites for hydroxylation is 1. The van der Waals surface area contributed by atoms with E-state index in [4.69, 9.17) is 0 Å². The zero-order valence-corrected chi connectivity index (χ0v) is 17.8. The molecule has 0 unspecified atom stereocenters. The van der Waals surface area contributed by atoms with E-state index in [0.29, 0.717) is 17.7 Å². The van der Waals surface area contributed by atoms with E-state index in [0.717, 1.165) is 31.2 Å². The molecule has 3 aromatic rings. The minimum atomic E-state index is -0.723. The van der Waals surface area contributed by atoms with Crippen LogP contribution < -0.4 is 5.32 Å². The second-order valence-electron chi connectivity index (χ2n) is 8.08. The van der Waals surface area contributed by atoms with Crippen molar-refractivity contribution in [2.45, 2.75) is 51.0 Å². The number of benzene rings is 1. The molecule has 166 valence electrons. The number of nitrogens with zero attached hydrogens (tertiary/aromatic N) is 2. The van der Waals surface area contributed by atoms with Crippen LogP contribution in [0.1, 0.15) is 60.1 Å². The normalized spacial score (nSPS) is 18.4. The smallest absolute Gasteiger partial charge is 0.274 e. The fraction of sp³-hybridized carbons (Fsp3) is 0.320. The number of nitrogens with one attached hydrogen (secondary N) is 1. The molecule has 0 bridgehead atoms.